The molecule has 1 N–H and O–H groups in total. The molecule has 0 radical (unpaired) electrons. The van der Waals surface area contributed by atoms with Crippen LogP contribution in [0.1, 0.15) is 17.5 Å². The Labute approximate surface area is 109 Å². The Kier molecular flexibility index (Phi) is 3.79. The maximum Gasteiger partial charge on any atom is 0.142 e. The summed E-state index contributed by atoms with van der Waals surface area (Å²) < 4.78 is 14.5. The van der Waals surface area contributed by atoms with E-state index < -0.39 is 6.10 Å². The van der Waals surface area contributed by atoms with Gasteiger partial charge in [0.1, 0.15) is 17.7 Å². The van der Waals surface area contributed by atoms with E-state index >= 15 is 0 Å². The number of aromatic nitrogens is 2. The third kappa shape index (κ3) is 2.78. The Hall–Kier alpha value is -1.65. The highest BCUT2D eigenvalue weighted by Crippen LogP contribution is 2.21. The van der Waals surface area contributed by atoms with Crippen LogP contribution in [0.4, 0.5) is 4.39 Å². The largest absolute Gasteiger partial charge is 0.380 e. The molecule has 94 valence electrons. The Morgan fingerprint density at radius 3 is 2.72 bits per heavy atom. The van der Waals surface area contributed by atoms with Crippen molar-refractivity contribution in [2.75, 3.05) is 0 Å². The number of imidazole rings is 1. The summed E-state index contributed by atoms with van der Waals surface area (Å²) >= 11 is 5.74. The number of aliphatic hydroxyl groups is 1. The van der Waals surface area contributed by atoms with Crippen molar-refractivity contribution in [3.63, 3.8) is 0 Å². The Morgan fingerprint density at radius 1 is 1.44 bits per heavy atom. The molecule has 1 atom stereocenters. The van der Waals surface area contributed by atoms with Gasteiger partial charge in [-0.1, -0.05) is 30.3 Å². The number of allylic oxidation sites excluding steroid dienone is 1. The number of aliphatic hydroxyl groups excluding tert-OH is 1. The first kappa shape index (κ1) is 12.8. The molecular formula is C13H12ClFN2O. The number of hydrogen-bond donors (Lipinski definition) is 1. The van der Waals surface area contributed by atoms with E-state index in [1.165, 1.54) is 24.3 Å². The molecule has 0 saturated heterocycles. The molecule has 0 saturated carbocycles. The van der Waals surface area contributed by atoms with Crippen molar-refractivity contribution in [3.8, 4) is 0 Å². The average molecular weight is 267 g/mol. The molecule has 5 heteroatoms. The van der Waals surface area contributed by atoms with Gasteiger partial charge >= 0.3 is 0 Å². The number of benzene rings is 1. The van der Waals surface area contributed by atoms with Gasteiger partial charge < -0.3 is 9.67 Å². The number of nitrogens with zero attached hydrogens (tertiary/aromatic N) is 2. The van der Waals surface area contributed by atoms with Crippen LogP contribution in [0.15, 0.2) is 48.3 Å². The van der Waals surface area contributed by atoms with Crippen molar-refractivity contribution in [2.45, 2.75) is 12.6 Å². The Balaban J connectivity index is 2.28. The van der Waals surface area contributed by atoms with Gasteiger partial charge in [-0.15, -0.1) is 0 Å². The van der Waals surface area contributed by atoms with E-state index in [0.29, 0.717) is 23.0 Å². The van der Waals surface area contributed by atoms with Crippen molar-refractivity contribution in [2.24, 2.45) is 0 Å². The summed E-state index contributed by atoms with van der Waals surface area (Å²) in [4.78, 5) is 4.09. The first-order valence-electron chi connectivity index (χ1n) is 5.36. The van der Waals surface area contributed by atoms with Crippen LogP contribution in [-0.2, 0) is 6.54 Å². The lowest BCUT2D eigenvalue weighted by molar-refractivity contribution is 0.205. The molecule has 0 amide bonds. The molecular weight excluding hydrogens is 255 g/mol. The molecule has 0 aliphatic carbocycles. The fraction of sp³-hybridized carbons (Fsp3) is 0.154. The standard InChI is InChI=1S/C13H12ClFN2O/c1-9(14)8-17-7-6-16-13(17)12(18)10-2-4-11(15)5-3-10/h2-7,12,18H,1,8H2. The quantitative estimate of drug-likeness (QED) is 0.924. The van der Waals surface area contributed by atoms with Gasteiger partial charge in [0, 0.05) is 17.4 Å². The third-order valence-electron chi connectivity index (χ3n) is 2.52. The second-order valence-corrected chi connectivity index (χ2v) is 4.42. The molecule has 1 heterocycles. The molecule has 0 fully saturated rings. The lowest BCUT2D eigenvalue weighted by Crippen LogP contribution is -2.10. The maximum atomic E-state index is 12.8. The van der Waals surface area contributed by atoms with Crippen LogP contribution in [-0.4, -0.2) is 14.7 Å². The summed E-state index contributed by atoms with van der Waals surface area (Å²) in [5.41, 5.74) is 0.573. The van der Waals surface area contributed by atoms with Crippen molar-refractivity contribution in [1.29, 1.82) is 0 Å². The minimum atomic E-state index is -0.920. The summed E-state index contributed by atoms with van der Waals surface area (Å²) in [6.07, 6.45) is 2.36. The van der Waals surface area contributed by atoms with Gasteiger partial charge in [0.05, 0.1) is 6.54 Å². The minimum absolute atomic E-state index is 0.344. The summed E-state index contributed by atoms with van der Waals surface area (Å²) in [5, 5.41) is 10.6. The smallest absolute Gasteiger partial charge is 0.142 e. The lowest BCUT2D eigenvalue weighted by atomic mass is 10.1. The second kappa shape index (κ2) is 5.33. The SMILES string of the molecule is C=C(Cl)Cn1ccnc1C(O)c1ccc(F)cc1. The first-order valence-corrected chi connectivity index (χ1v) is 5.73. The highest BCUT2D eigenvalue weighted by molar-refractivity contribution is 6.29. The summed E-state index contributed by atoms with van der Waals surface area (Å²) in [6, 6.07) is 5.64. The summed E-state index contributed by atoms with van der Waals surface area (Å²) in [6.45, 7) is 3.97. The van der Waals surface area contributed by atoms with Gasteiger partial charge in [-0.25, -0.2) is 9.37 Å². The van der Waals surface area contributed by atoms with E-state index in [9.17, 15) is 9.50 Å². The van der Waals surface area contributed by atoms with Gasteiger partial charge in [0.2, 0.25) is 0 Å². The van der Waals surface area contributed by atoms with Gasteiger partial charge in [-0.05, 0) is 17.7 Å². The molecule has 0 aliphatic rings. The zero-order chi connectivity index (χ0) is 13.1. The number of rotatable bonds is 4. The van der Waals surface area contributed by atoms with Crippen molar-refractivity contribution >= 4 is 11.6 Å². The molecule has 0 spiro atoms. The molecule has 3 nitrogen and oxygen atoms in total. The van der Waals surface area contributed by atoms with Gasteiger partial charge in [0.15, 0.2) is 0 Å². The minimum Gasteiger partial charge on any atom is -0.380 e. The van der Waals surface area contributed by atoms with E-state index in [1.807, 2.05) is 0 Å². The summed E-state index contributed by atoms with van der Waals surface area (Å²) in [5.74, 6) is 0.104. The van der Waals surface area contributed by atoms with E-state index in [1.54, 1.807) is 17.0 Å². The normalized spacial score (nSPS) is 12.4. The van der Waals surface area contributed by atoms with Crippen molar-refractivity contribution < 1.29 is 9.50 Å². The predicted octanol–water partition coefficient (Wildman–Crippen LogP) is 2.86. The molecule has 2 aromatic rings. The first-order chi connectivity index (χ1) is 8.58. The van der Waals surface area contributed by atoms with Gasteiger partial charge in [0.25, 0.3) is 0 Å². The van der Waals surface area contributed by atoms with Crippen LogP contribution in [0.3, 0.4) is 0 Å². The highest BCUT2D eigenvalue weighted by atomic mass is 35.5. The molecule has 1 aromatic heterocycles. The molecule has 2 rings (SSSR count). The zero-order valence-corrected chi connectivity index (χ0v) is 10.3. The second-order valence-electron chi connectivity index (χ2n) is 3.88. The zero-order valence-electron chi connectivity index (χ0n) is 9.55. The van der Waals surface area contributed by atoms with Gasteiger partial charge in [-0.2, -0.15) is 0 Å². The maximum absolute atomic E-state index is 12.8. The van der Waals surface area contributed by atoms with Crippen LogP contribution in [0.5, 0.6) is 0 Å². The van der Waals surface area contributed by atoms with Crippen LogP contribution < -0.4 is 0 Å². The van der Waals surface area contributed by atoms with E-state index in [0.717, 1.165) is 0 Å². The van der Waals surface area contributed by atoms with E-state index in [2.05, 4.69) is 11.6 Å². The fourth-order valence-corrected chi connectivity index (χ4v) is 1.81. The highest BCUT2D eigenvalue weighted by Gasteiger charge is 2.16. The topological polar surface area (TPSA) is 38.0 Å². The van der Waals surface area contributed by atoms with Crippen LogP contribution in [0, 0.1) is 5.82 Å². The van der Waals surface area contributed by atoms with Crippen molar-refractivity contribution in [1.82, 2.24) is 9.55 Å². The van der Waals surface area contributed by atoms with Crippen molar-refractivity contribution in [3.05, 3.63) is 65.5 Å². The molecule has 18 heavy (non-hydrogen) atoms. The van der Waals surface area contributed by atoms with Gasteiger partial charge in [-0.3, -0.25) is 0 Å². The molecule has 0 bridgehead atoms. The van der Waals surface area contributed by atoms with Crippen LogP contribution >= 0.6 is 11.6 Å². The average Bonchev–Trinajstić information content (AvgIpc) is 2.76. The number of halogens is 2. The molecule has 1 unspecified atom stereocenters. The summed E-state index contributed by atoms with van der Waals surface area (Å²) in [7, 11) is 0. The van der Waals surface area contributed by atoms with E-state index in [4.69, 9.17) is 11.6 Å². The Morgan fingerprint density at radius 2 is 2.11 bits per heavy atom. The fourth-order valence-electron chi connectivity index (χ4n) is 1.68. The monoisotopic (exact) mass is 266 g/mol. The lowest BCUT2D eigenvalue weighted by Gasteiger charge is -2.13. The molecule has 1 aromatic carbocycles. The van der Waals surface area contributed by atoms with E-state index in [-0.39, 0.29) is 5.82 Å². The predicted molar refractivity (Wildman–Crippen MR) is 67.7 cm³/mol. The van der Waals surface area contributed by atoms with Crippen LogP contribution in [0.2, 0.25) is 0 Å². The molecule has 0 aliphatic heterocycles. The third-order valence-corrected chi connectivity index (χ3v) is 2.64. The van der Waals surface area contributed by atoms with Crippen LogP contribution in [0.25, 0.3) is 0 Å². The number of hydrogen-bond acceptors (Lipinski definition) is 2. The Bertz CT molecular complexity index is 550.